The summed E-state index contributed by atoms with van der Waals surface area (Å²) in [5, 5.41) is 9.93. The summed E-state index contributed by atoms with van der Waals surface area (Å²) in [5.74, 6) is -0.642. The Kier molecular flexibility index (Phi) is 3.69. The van der Waals surface area contributed by atoms with Gasteiger partial charge in [0.1, 0.15) is 5.82 Å². The molecule has 25 heavy (non-hydrogen) atoms. The van der Waals surface area contributed by atoms with E-state index in [1.165, 1.54) is 4.52 Å². The Bertz CT molecular complexity index is 996. The van der Waals surface area contributed by atoms with Crippen molar-refractivity contribution in [3.63, 3.8) is 0 Å². The highest BCUT2D eigenvalue weighted by Crippen LogP contribution is 2.24. The number of hydrogen-bond donors (Lipinski definition) is 2. The molecule has 0 unspecified atom stereocenters. The van der Waals surface area contributed by atoms with E-state index in [4.69, 9.17) is 0 Å². The molecule has 2 N–H and O–H groups in total. The number of benzene rings is 1. The van der Waals surface area contributed by atoms with Crippen LogP contribution in [0.2, 0.25) is 0 Å². The lowest BCUT2D eigenvalue weighted by Crippen LogP contribution is -2.25. The minimum atomic E-state index is -0.560. The molecule has 3 aromatic rings. The van der Waals surface area contributed by atoms with E-state index >= 15 is 0 Å². The smallest absolute Gasteiger partial charge is 0.295 e. The molecule has 8 heteroatoms. The predicted octanol–water partition coefficient (Wildman–Crippen LogP) is 1.78. The third-order valence-corrected chi connectivity index (χ3v) is 4.28. The maximum Gasteiger partial charge on any atom is 0.295 e. The van der Waals surface area contributed by atoms with E-state index < -0.39 is 5.91 Å². The fourth-order valence-electron chi connectivity index (χ4n) is 3.07. The van der Waals surface area contributed by atoms with Gasteiger partial charge in [-0.3, -0.25) is 4.79 Å². The lowest BCUT2D eigenvalue weighted by atomic mass is 9.99. The quantitative estimate of drug-likeness (QED) is 0.743. The highest BCUT2D eigenvalue weighted by atomic mass is 19.1. The van der Waals surface area contributed by atoms with Crippen LogP contribution in [-0.2, 0) is 13.0 Å². The number of amides is 1. The fourth-order valence-corrected chi connectivity index (χ4v) is 3.07. The minimum absolute atomic E-state index is 0.0417. The molecule has 0 bridgehead atoms. The second-order valence-corrected chi connectivity index (χ2v) is 6.13. The third kappa shape index (κ3) is 2.74. The number of hydrogen-bond acceptors (Lipinski definition) is 5. The zero-order valence-electron chi connectivity index (χ0n) is 13.9. The predicted molar refractivity (Wildman–Crippen MR) is 90.0 cm³/mol. The molecule has 0 aliphatic carbocycles. The van der Waals surface area contributed by atoms with Crippen molar-refractivity contribution in [3.8, 4) is 0 Å². The molecule has 4 rings (SSSR count). The summed E-state index contributed by atoms with van der Waals surface area (Å²) in [6.45, 7) is 5.06. The second-order valence-electron chi connectivity index (χ2n) is 6.13. The molecular weight excluding hydrogens is 323 g/mol. The van der Waals surface area contributed by atoms with Crippen LogP contribution in [0.4, 0.5) is 10.1 Å². The Hall–Kier alpha value is -2.87. The van der Waals surface area contributed by atoms with E-state index in [9.17, 15) is 9.18 Å². The molecule has 7 nitrogen and oxygen atoms in total. The van der Waals surface area contributed by atoms with Crippen LogP contribution in [0.1, 0.15) is 33.1 Å². The van der Waals surface area contributed by atoms with Crippen molar-refractivity contribution in [1.82, 2.24) is 24.9 Å². The van der Waals surface area contributed by atoms with Crippen molar-refractivity contribution in [2.75, 3.05) is 11.9 Å². The lowest BCUT2D eigenvalue weighted by molar-refractivity contribution is 0.101. The molecule has 0 saturated heterocycles. The molecule has 1 aliphatic rings. The van der Waals surface area contributed by atoms with Crippen molar-refractivity contribution in [2.24, 2.45) is 0 Å². The van der Waals surface area contributed by atoms with Crippen molar-refractivity contribution in [3.05, 3.63) is 52.4 Å². The number of nitrogens with zero attached hydrogens (tertiary/aromatic N) is 4. The van der Waals surface area contributed by atoms with E-state index in [-0.39, 0.29) is 17.3 Å². The van der Waals surface area contributed by atoms with Gasteiger partial charge in [0, 0.05) is 17.9 Å². The molecule has 1 amide bonds. The van der Waals surface area contributed by atoms with Gasteiger partial charge in [0.25, 0.3) is 11.7 Å². The molecule has 0 saturated carbocycles. The first-order chi connectivity index (χ1) is 12.0. The topological polar surface area (TPSA) is 84.2 Å². The number of fused-ring (bicyclic) bond motifs is 2. The number of nitrogens with one attached hydrogen (secondary N) is 2. The van der Waals surface area contributed by atoms with Gasteiger partial charge in [-0.1, -0.05) is 6.07 Å². The molecular formula is C17H17FN6O. The van der Waals surface area contributed by atoms with Crippen LogP contribution in [0.5, 0.6) is 0 Å². The third-order valence-electron chi connectivity index (χ3n) is 4.28. The summed E-state index contributed by atoms with van der Waals surface area (Å²) >= 11 is 0. The average molecular weight is 340 g/mol. The van der Waals surface area contributed by atoms with Crippen LogP contribution in [0.25, 0.3) is 5.78 Å². The number of carbonyl (C=O) groups is 1. The molecule has 128 valence electrons. The van der Waals surface area contributed by atoms with E-state index in [1.807, 2.05) is 26.0 Å². The van der Waals surface area contributed by atoms with E-state index in [0.717, 1.165) is 23.5 Å². The lowest BCUT2D eigenvalue weighted by Gasteiger charge is -2.19. The van der Waals surface area contributed by atoms with Crippen molar-refractivity contribution < 1.29 is 9.18 Å². The highest BCUT2D eigenvalue weighted by Gasteiger charge is 2.20. The van der Waals surface area contributed by atoms with Crippen molar-refractivity contribution in [1.29, 1.82) is 0 Å². The molecule has 0 spiro atoms. The van der Waals surface area contributed by atoms with Gasteiger partial charge < -0.3 is 10.6 Å². The average Bonchev–Trinajstić information content (AvgIpc) is 3.02. The fraction of sp³-hybridized carbons (Fsp3) is 0.294. The number of carbonyl (C=O) groups excluding carboxylic acids is 1. The van der Waals surface area contributed by atoms with Gasteiger partial charge in [0.15, 0.2) is 0 Å². The van der Waals surface area contributed by atoms with E-state index in [2.05, 4.69) is 25.7 Å². The number of anilines is 1. The van der Waals surface area contributed by atoms with Crippen LogP contribution >= 0.6 is 0 Å². The van der Waals surface area contributed by atoms with Crippen LogP contribution in [0, 0.1) is 19.7 Å². The Morgan fingerprint density at radius 3 is 3.00 bits per heavy atom. The van der Waals surface area contributed by atoms with Crippen LogP contribution in [0.15, 0.2) is 18.2 Å². The molecule has 1 aromatic carbocycles. The summed E-state index contributed by atoms with van der Waals surface area (Å²) in [7, 11) is 0. The Balaban J connectivity index is 1.65. The minimum Gasteiger partial charge on any atom is -0.317 e. The molecule has 3 heterocycles. The first kappa shape index (κ1) is 15.6. The van der Waals surface area contributed by atoms with Crippen LogP contribution in [0.3, 0.4) is 0 Å². The molecule has 0 atom stereocenters. The van der Waals surface area contributed by atoms with Gasteiger partial charge in [-0.2, -0.15) is 4.98 Å². The van der Waals surface area contributed by atoms with Gasteiger partial charge in [-0.25, -0.2) is 13.9 Å². The Labute approximate surface area is 143 Å². The molecule has 2 aromatic heterocycles. The zero-order valence-corrected chi connectivity index (χ0v) is 13.9. The van der Waals surface area contributed by atoms with Crippen LogP contribution < -0.4 is 10.6 Å². The Morgan fingerprint density at radius 1 is 1.32 bits per heavy atom. The summed E-state index contributed by atoms with van der Waals surface area (Å²) in [5.41, 5.74) is 3.32. The first-order valence-electron chi connectivity index (χ1n) is 8.06. The van der Waals surface area contributed by atoms with Gasteiger partial charge >= 0.3 is 0 Å². The summed E-state index contributed by atoms with van der Waals surface area (Å²) in [6.07, 6.45) is 0.597. The summed E-state index contributed by atoms with van der Waals surface area (Å²) < 4.78 is 16.1. The van der Waals surface area contributed by atoms with Crippen molar-refractivity contribution >= 4 is 17.4 Å². The van der Waals surface area contributed by atoms with Crippen molar-refractivity contribution in [2.45, 2.75) is 26.8 Å². The van der Waals surface area contributed by atoms with E-state index in [0.29, 0.717) is 24.3 Å². The largest absolute Gasteiger partial charge is 0.317 e. The maximum atomic E-state index is 14.7. The summed E-state index contributed by atoms with van der Waals surface area (Å²) in [6, 6.07) is 5.25. The number of aryl methyl sites for hydroxylation is 2. The highest BCUT2D eigenvalue weighted by molar-refractivity contribution is 6.01. The first-order valence-corrected chi connectivity index (χ1v) is 8.06. The van der Waals surface area contributed by atoms with Gasteiger partial charge in [-0.05, 0) is 50.1 Å². The van der Waals surface area contributed by atoms with Gasteiger partial charge in [0.05, 0.1) is 5.69 Å². The zero-order chi connectivity index (χ0) is 17.6. The van der Waals surface area contributed by atoms with Crippen LogP contribution in [-0.4, -0.2) is 32.0 Å². The normalized spacial score (nSPS) is 13.7. The summed E-state index contributed by atoms with van der Waals surface area (Å²) in [4.78, 5) is 20.8. The number of rotatable bonds is 2. The monoisotopic (exact) mass is 340 g/mol. The standard InChI is InChI=1S/C17H17FN6O/c1-9-7-10(2)24-17(20-9)22-15(23-24)16(25)21-13-4-3-11-8-19-6-5-12(11)14(13)18/h3-4,7,19H,5-6,8H2,1-2H3,(H,21,25). The number of halogens is 1. The Morgan fingerprint density at radius 2 is 2.16 bits per heavy atom. The maximum absolute atomic E-state index is 14.7. The van der Waals surface area contributed by atoms with Gasteiger partial charge in [-0.15, -0.1) is 5.10 Å². The molecule has 1 aliphatic heterocycles. The molecule has 0 fully saturated rings. The number of aromatic nitrogens is 4. The van der Waals surface area contributed by atoms with E-state index in [1.54, 1.807) is 6.07 Å². The molecule has 0 radical (unpaired) electrons. The second kappa shape index (κ2) is 5.89. The van der Waals surface area contributed by atoms with Gasteiger partial charge in [0.2, 0.25) is 5.82 Å². The SMILES string of the molecule is Cc1cc(C)n2nc(C(=O)Nc3ccc4c(c3F)CCNC4)nc2n1.